The molecule has 5 rings (SSSR count). The molecule has 148 valence electrons. The number of aryl methyl sites for hydroxylation is 1. The summed E-state index contributed by atoms with van der Waals surface area (Å²) >= 11 is 0. The van der Waals surface area contributed by atoms with Crippen LogP contribution in [-0.2, 0) is 0 Å². The Balaban J connectivity index is 1.42. The van der Waals surface area contributed by atoms with Gasteiger partial charge in [0.25, 0.3) is 0 Å². The molecule has 0 spiro atoms. The number of pyridine rings is 1. The van der Waals surface area contributed by atoms with Crippen LogP contribution in [0.4, 0.5) is 11.6 Å². The maximum Gasteiger partial charge on any atom is 0.178 e. The largest absolute Gasteiger partial charge is 0.361 e. The molecule has 0 amide bonds. The second-order valence-corrected chi connectivity index (χ2v) is 7.66. The van der Waals surface area contributed by atoms with E-state index in [2.05, 4.69) is 25.1 Å². The van der Waals surface area contributed by atoms with Gasteiger partial charge >= 0.3 is 0 Å². The van der Waals surface area contributed by atoms with Crippen molar-refractivity contribution >= 4 is 28.2 Å². The first-order chi connectivity index (χ1) is 14.1. The lowest BCUT2D eigenvalue weighted by Crippen LogP contribution is -2.34. The highest BCUT2D eigenvalue weighted by molar-refractivity contribution is 5.88. The molecular weight excluding hydrogens is 366 g/mol. The molecule has 4 aromatic rings. The van der Waals surface area contributed by atoms with Crippen LogP contribution < -0.4 is 9.80 Å². The van der Waals surface area contributed by atoms with Crippen LogP contribution in [0.3, 0.4) is 0 Å². The SMILES string of the molecule is Cc1nc(N2CCC(c3nnc4ccc(N(C)C)nn34)CC2)c2ccncc2n1. The molecule has 1 saturated heterocycles. The van der Waals surface area contributed by atoms with Gasteiger partial charge in [0.05, 0.1) is 11.7 Å². The minimum Gasteiger partial charge on any atom is -0.361 e. The Morgan fingerprint density at radius 1 is 1.03 bits per heavy atom. The molecule has 0 N–H and O–H groups in total. The summed E-state index contributed by atoms with van der Waals surface area (Å²) in [6, 6.07) is 5.93. The van der Waals surface area contributed by atoms with Gasteiger partial charge in [-0.05, 0) is 38.0 Å². The fourth-order valence-corrected chi connectivity index (χ4v) is 3.96. The summed E-state index contributed by atoms with van der Waals surface area (Å²) < 4.78 is 1.89. The van der Waals surface area contributed by atoms with Gasteiger partial charge in [0.2, 0.25) is 0 Å². The van der Waals surface area contributed by atoms with Crippen molar-refractivity contribution in [2.75, 3.05) is 37.0 Å². The number of aromatic nitrogens is 7. The molecule has 1 aliphatic heterocycles. The lowest BCUT2D eigenvalue weighted by atomic mass is 9.96. The van der Waals surface area contributed by atoms with Gasteiger partial charge in [0.1, 0.15) is 17.5 Å². The standard InChI is InChI=1S/C20H23N9/c1-13-22-16-12-21-9-6-15(16)20(23-13)28-10-7-14(8-11-28)19-25-24-17-4-5-18(27(2)3)26-29(17)19/h4-6,9,12,14H,7-8,10-11H2,1-3H3. The second-order valence-electron chi connectivity index (χ2n) is 7.66. The Morgan fingerprint density at radius 2 is 1.86 bits per heavy atom. The predicted molar refractivity (Wildman–Crippen MR) is 111 cm³/mol. The molecule has 0 unspecified atom stereocenters. The molecule has 0 bridgehead atoms. The van der Waals surface area contributed by atoms with Crippen LogP contribution in [-0.4, -0.2) is 61.9 Å². The van der Waals surface area contributed by atoms with Gasteiger partial charge in [0, 0.05) is 44.7 Å². The summed E-state index contributed by atoms with van der Waals surface area (Å²) in [6.07, 6.45) is 5.55. The van der Waals surface area contributed by atoms with Crippen molar-refractivity contribution in [2.45, 2.75) is 25.7 Å². The van der Waals surface area contributed by atoms with Crippen molar-refractivity contribution in [1.29, 1.82) is 0 Å². The normalized spacial score (nSPS) is 15.3. The van der Waals surface area contributed by atoms with E-state index in [-0.39, 0.29) is 0 Å². The Bertz CT molecular complexity index is 1180. The van der Waals surface area contributed by atoms with E-state index in [1.54, 1.807) is 12.4 Å². The van der Waals surface area contributed by atoms with Gasteiger partial charge in [-0.3, -0.25) is 4.98 Å². The third-order valence-corrected chi connectivity index (χ3v) is 5.48. The van der Waals surface area contributed by atoms with E-state index < -0.39 is 0 Å². The first-order valence-corrected chi connectivity index (χ1v) is 9.83. The zero-order chi connectivity index (χ0) is 20.0. The monoisotopic (exact) mass is 389 g/mol. The predicted octanol–water partition coefficient (Wildman–Crippen LogP) is 2.22. The van der Waals surface area contributed by atoms with E-state index in [1.807, 2.05) is 48.6 Å². The Labute approximate surface area is 168 Å². The number of rotatable bonds is 3. The Hall–Kier alpha value is -3.36. The number of nitrogens with zero attached hydrogens (tertiary/aromatic N) is 9. The number of anilines is 2. The average Bonchev–Trinajstić information content (AvgIpc) is 3.16. The van der Waals surface area contributed by atoms with E-state index >= 15 is 0 Å². The van der Waals surface area contributed by atoms with Crippen molar-refractivity contribution in [3.05, 3.63) is 42.2 Å². The summed E-state index contributed by atoms with van der Waals surface area (Å²) in [5.41, 5.74) is 1.68. The van der Waals surface area contributed by atoms with Gasteiger partial charge in [-0.1, -0.05) is 0 Å². The first kappa shape index (κ1) is 17.7. The summed E-state index contributed by atoms with van der Waals surface area (Å²) in [6.45, 7) is 3.74. The summed E-state index contributed by atoms with van der Waals surface area (Å²) in [4.78, 5) is 17.8. The zero-order valence-corrected chi connectivity index (χ0v) is 16.8. The van der Waals surface area contributed by atoms with E-state index in [1.165, 1.54) is 0 Å². The maximum absolute atomic E-state index is 4.73. The van der Waals surface area contributed by atoms with Crippen LogP contribution in [0.15, 0.2) is 30.6 Å². The van der Waals surface area contributed by atoms with Gasteiger partial charge in [-0.25, -0.2) is 9.97 Å². The second kappa shape index (κ2) is 6.91. The van der Waals surface area contributed by atoms with E-state index in [0.29, 0.717) is 5.92 Å². The lowest BCUT2D eigenvalue weighted by molar-refractivity contribution is 0.475. The first-order valence-electron chi connectivity index (χ1n) is 9.83. The molecule has 0 aliphatic carbocycles. The van der Waals surface area contributed by atoms with Gasteiger partial charge in [-0.15, -0.1) is 15.3 Å². The minimum absolute atomic E-state index is 0.321. The van der Waals surface area contributed by atoms with Crippen LogP contribution in [0.1, 0.15) is 30.4 Å². The van der Waals surface area contributed by atoms with E-state index in [9.17, 15) is 0 Å². The topological polar surface area (TPSA) is 88.2 Å². The van der Waals surface area contributed by atoms with Crippen molar-refractivity contribution in [2.24, 2.45) is 0 Å². The molecule has 4 aromatic heterocycles. The van der Waals surface area contributed by atoms with Crippen LogP contribution in [0.2, 0.25) is 0 Å². The van der Waals surface area contributed by atoms with Crippen molar-refractivity contribution in [3.8, 4) is 0 Å². The number of hydrogen-bond donors (Lipinski definition) is 0. The third-order valence-electron chi connectivity index (χ3n) is 5.48. The summed E-state index contributed by atoms with van der Waals surface area (Å²) in [5.74, 6) is 3.92. The van der Waals surface area contributed by atoms with Crippen LogP contribution in [0.25, 0.3) is 16.6 Å². The van der Waals surface area contributed by atoms with Gasteiger partial charge in [-0.2, -0.15) is 4.52 Å². The Kier molecular flexibility index (Phi) is 4.22. The van der Waals surface area contributed by atoms with Crippen molar-refractivity contribution in [3.63, 3.8) is 0 Å². The van der Waals surface area contributed by atoms with Gasteiger partial charge < -0.3 is 9.80 Å². The smallest absolute Gasteiger partial charge is 0.178 e. The quantitative estimate of drug-likeness (QED) is 0.527. The van der Waals surface area contributed by atoms with Crippen molar-refractivity contribution in [1.82, 2.24) is 34.8 Å². The molecule has 0 radical (unpaired) electrons. The number of hydrogen-bond acceptors (Lipinski definition) is 8. The highest BCUT2D eigenvalue weighted by Crippen LogP contribution is 2.31. The van der Waals surface area contributed by atoms with Gasteiger partial charge in [0.15, 0.2) is 11.5 Å². The summed E-state index contributed by atoms with van der Waals surface area (Å²) in [5, 5.41) is 14.5. The number of piperidine rings is 1. The molecule has 0 aromatic carbocycles. The molecule has 0 atom stereocenters. The fourth-order valence-electron chi connectivity index (χ4n) is 3.96. The highest BCUT2D eigenvalue weighted by Gasteiger charge is 2.27. The Morgan fingerprint density at radius 3 is 2.66 bits per heavy atom. The molecule has 0 saturated carbocycles. The molecular formula is C20H23N9. The highest BCUT2D eigenvalue weighted by atomic mass is 15.4. The number of fused-ring (bicyclic) bond motifs is 2. The zero-order valence-electron chi connectivity index (χ0n) is 16.8. The molecule has 9 nitrogen and oxygen atoms in total. The molecule has 1 fully saturated rings. The molecule has 29 heavy (non-hydrogen) atoms. The van der Waals surface area contributed by atoms with Crippen LogP contribution in [0.5, 0.6) is 0 Å². The lowest BCUT2D eigenvalue weighted by Gasteiger charge is -2.32. The summed E-state index contributed by atoms with van der Waals surface area (Å²) in [7, 11) is 3.97. The molecule has 9 heteroatoms. The maximum atomic E-state index is 4.73. The third kappa shape index (κ3) is 3.12. The van der Waals surface area contributed by atoms with E-state index in [4.69, 9.17) is 10.1 Å². The molecule has 5 heterocycles. The fraction of sp³-hybridized carbons (Fsp3) is 0.400. The van der Waals surface area contributed by atoms with Crippen molar-refractivity contribution < 1.29 is 0 Å². The van der Waals surface area contributed by atoms with E-state index in [0.717, 1.165) is 65.8 Å². The average molecular weight is 389 g/mol. The van der Waals surface area contributed by atoms with Crippen LogP contribution in [0, 0.1) is 6.92 Å². The molecule has 1 aliphatic rings. The minimum atomic E-state index is 0.321. The van der Waals surface area contributed by atoms with Crippen LogP contribution >= 0.6 is 0 Å².